The molecule has 0 unspecified atom stereocenters. The largest absolute Gasteiger partial charge is 0.477 e. The SMILES string of the molecule is O=C(CCS)N1CCC(COc2ccc(C(F)(F)F)cn2)CC1. The maximum atomic E-state index is 12.4. The molecule has 4 nitrogen and oxygen atoms in total. The van der Waals surface area contributed by atoms with E-state index in [1.807, 2.05) is 4.90 Å². The lowest BCUT2D eigenvalue weighted by Gasteiger charge is -2.31. The number of carbonyl (C=O) groups excluding carboxylic acids is 1. The number of likely N-dealkylation sites (tertiary alicyclic amines) is 1. The van der Waals surface area contributed by atoms with Gasteiger partial charge in [0.1, 0.15) is 0 Å². The molecule has 0 saturated carbocycles. The molecule has 1 amide bonds. The maximum absolute atomic E-state index is 12.4. The van der Waals surface area contributed by atoms with Crippen LogP contribution in [0.25, 0.3) is 0 Å². The van der Waals surface area contributed by atoms with E-state index in [-0.39, 0.29) is 17.7 Å². The third-order valence-corrected chi connectivity index (χ3v) is 4.05. The number of hydrogen-bond donors (Lipinski definition) is 1. The maximum Gasteiger partial charge on any atom is 0.417 e. The number of amides is 1. The molecular weight excluding hydrogens is 329 g/mol. The van der Waals surface area contributed by atoms with Gasteiger partial charge in [-0.25, -0.2) is 4.98 Å². The van der Waals surface area contributed by atoms with Crippen molar-refractivity contribution < 1.29 is 22.7 Å². The number of thiol groups is 1. The van der Waals surface area contributed by atoms with Crippen molar-refractivity contribution in [2.75, 3.05) is 25.4 Å². The molecule has 0 radical (unpaired) electrons. The van der Waals surface area contributed by atoms with Gasteiger partial charge in [-0.2, -0.15) is 25.8 Å². The van der Waals surface area contributed by atoms with Gasteiger partial charge in [0, 0.05) is 31.8 Å². The van der Waals surface area contributed by atoms with Crippen LogP contribution in [-0.2, 0) is 11.0 Å². The monoisotopic (exact) mass is 348 g/mol. The van der Waals surface area contributed by atoms with E-state index >= 15 is 0 Å². The molecule has 0 aliphatic carbocycles. The van der Waals surface area contributed by atoms with Crippen LogP contribution in [-0.4, -0.2) is 41.2 Å². The third kappa shape index (κ3) is 5.30. The van der Waals surface area contributed by atoms with E-state index in [2.05, 4.69) is 17.6 Å². The normalized spacial score (nSPS) is 16.4. The lowest BCUT2D eigenvalue weighted by molar-refractivity contribution is -0.138. The van der Waals surface area contributed by atoms with Crippen LogP contribution < -0.4 is 4.74 Å². The fourth-order valence-corrected chi connectivity index (χ4v) is 2.63. The summed E-state index contributed by atoms with van der Waals surface area (Å²) in [5.41, 5.74) is -0.791. The molecule has 1 aromatic heterocycles. The van der Waals surface area contributed by atoms with Gasteiger partial charge in [0.25, 0.3) is 0 Å². The van der Waals surface area contributed by atoms with E-state index in [1.165, 1.54) is 6.07 Å². The van der Waals surface area contributed by atoms with Gasteiger partial charge in [-0.05, 0) is 30.6 Å². The fraction of sp³-hybridized carbons (Fsp3) is 0.600. The molecule has 1 aliphatic heterocycles. The van der Waals surface area contributed by atoms with Crippen LogP contribution in [0.1, 0.15) is 24.8 Å². The van der Waals surface area contributed by atoms with Crippen molar-refractivity contribution in [2.24, 2.45) is 5.92 Å². The van der Waals surface area contributed by atoms with Crippen molar-refractivity contribution in [1.82, 2.24) is 9.88 Å². The van der Waals surface area contributed by atoms with Crippen molar-refractivity contribution in [3.63, 3.8) is 0 Å². The number of piperidine rings is 1. The van der Waals surface area contributed by atoms with Gasteiger partial charge < -0.3 is 9.64 Å². The molecule has 1 saturated heterocycles. The van der Waals surface area contributed by atoms with Gasteiger partial charge in [-0.15, -0.1) is 0 Å². The summed E-state index contributed by atoms with van der Waals surface area (Å²) in [7, 11) is 0. The lowest BCUT2D eigenvalue weighted by atomic mass is 9.97. The van der Waals surface area contributed by atoms with Crippen molar-refractivity contribution in [2.45, 2.75) is 25.4 Å². The van der Waals surface area contributed by atoms with Crippen LogP contribution in [0.2, 0.25) is 0 Å². The second-order valence-corrected chi connectivity index (χ2v) is 5.94. The molecule has 23 heavy (non-hydrogen) atoms. The van der Waals surface area contributed by atoms with E-state index in [0.717, 1.165) is 25.1 Å². The first-order valence-electron chi connectivity index (χ1n) is 7.45. The smallest absolute Gasteiger partial charge is 0.417 e. The Morgan fingerprint density at radius 3 is 2.57 bits per heavy atom. The van der Waals surface area contributed by atoms with E-state index < -0.39 is 11.7 Å². The molecule has 0 N–H and O–H groups in total. The summed E-state index contributed by atoms with van der Waals surface area (Å²) in [5, 5.41) is 0. The molecule has 1 aliphatic rings. The molecule has 1 fully saturated rings. The Hall–Kier alpha value is -1.44. The molecular formula is C15H19F3N2O2S. The summed E-state index contributed by atoms with van der Waals surface area (Å²) in [6, 6.07) is 2.19. The number of rotatable bonds is 5. The molecule has 2 heterocycles. The van der Waals surface area contributed by atoms with Gasteiger partial charge in [-0.1, -0.05) is 0 Å². The number of aromatic nitrogens is 1. The minimum absolute atomic E-state index is 0.115. The molecule has 128 valence electrons. The number of halogens is 3. The van der Waals surface area contributed by atoms with Gasteiger partial charge in [0.2, 0.25) is 11.8 Å². The summed E-state index contributed by atoms with van der Waals surface area (Å²) >= 11 is 4.05. The zero-order valence-corrected chi connectivity index (χ0v) is 13.4. The van der Waals surface area contributed by atoms with Crippen LogP contribution in [0.5, 0.6) is 5.88 Å². The highest BCUT2D eigenvalue weighted by molar-refractivity contribution is 7.80. The molecule has 8 heteroatoms. The number of carbonyl (C=O) groups is 1. The van der Waals surface area contributed by atoms with Crippen molar-refractivity contribution in [1.29, 1.82) is 0 Å². The summed E-state index contributed by atoms with van der Waals surface area (Å²) in [6.45, 7) is 1.76. The molecule has 2 rings (SSSR count). The Labute approximate surface area is 138 Å². The van der Waals surface area contributed by atoms with Crippen LogP contribution in [0.4, 0.5) is 13.2 Å². The Balaban J connectivity index is 1.76. The zero-order valence-electron chi connectivity index (χ0n) is 12.6. The van der Waals surface area contributed by atoms with E-state index in [0.29, 0.717) is 31.9 Å². The van der Waals surface area contributed by atoms with Crippen LogP contribution in [0.3, 0.4) is 0 Å². The first-order chi connectivity index (χ1) is 10.9. The molecule has 0 aromatic carbocycles. The van der Waals surface area contributed by atoms with Crippen molar-refractivity contribution in [3.8, 4) is 5.88 Å². The quantitative estimate of drug-likeness (QED) is 0.832. The molecule has 1 aromatic rings. The summed E-state index contributed by atoms with van der Waals surface area (Å²) in [5.74, 6) is 1.12. The Bertz CT molecular complexity index is 514. The van der Waals surface area contributed by atoms with E-state index in [9.17, 15) is 18.0 Å². The highest BCUT2D eigenvalue weighted by atomic mass is 32.1. The van der Waals surface area contributed by atoms with E-state index in [4.69, 9.17) is 4.74 Å². The Morgan fingerprint density at radius 2 is 2.04 bits per heavy atom. The first kappa shape index (κ1) is 17.9. The van der Waals surface area contributed by atoms with Crippen molar-refractivity contribution in [3.05, 3.63) is 23.9 Å². The summed E-state index contributed by atoms with van der Waals surface area (Å²) in [4.78, 5) is 17.2. The highest BCUT2D eigenvalue weighted by Gasteiger charge is 2.30. The Morgan fingerprint density at radius 1 is 1.35 bits per heavy atom. The zero-order chi connectivity index (χ0) is 16.9. The minimum atomic E-state index is -4.39. The van der Waals surface area contributed by atoms with Crippen molar-refractivity contribution >= 4 is 18.5 Å². The predicted molar refractivity (Wildman–Crippen MR) is 82.5 cm³/mol. The second-order valence-electron chi connectivity index (χ2n) is 5.49. The lowest BCUT2D eigenvalue weighted by Crippen LogP contribution is -2.39. The van der Waals surface area contributed by atoms with Gasteiger partial charge >= 0.3 is 6.18 Å². The predicted octanol–water partition coefficient (Wildman–Crippen LogP) is 3.04. The number of nitrogens with zero attached hydrogens (tertiary/aromatic N) is 2. The highest BCUT2D eigenvalue weighted by Crippen LogP contribution is 2.29. The van der Waals surface area contributed by atoms with Crippen LogP contribution in [0.15, 0.2) is 18.3 Å². The topological polar surface area (TPSA) is 42.4 Å². The molecule has 0 bridgehead atoms. The summed E-state index contributed by atoms with van der Waals surface area (Å²) in [6.07, 6.45) is -1.54. The minimum Gasteiger partial charge on any atom is -0.477 e. The number of pyridine rings is 1. The van der Waals surface area contributed by atoms with Crippen LogP contribution in [0, 0.1) is 5.92 Å². The standard InChI is InChI=1S/C15H19F3N2O2S/c16-15(17,18)12-1-2-13(19-9-12)22-10-11-3-6-20(7-4-11)14(21)5-8-23/h1-2,9,11,23H,3-8,10H2. The number of ether oxygens (including phenoxy) is 1. The first-order valence-corrected chi connectivity index (χ1v) is 8.08. The fourth-order valence-electron chi connectivity index (χ4n) is 2.44. The van der Waals surface area contributed by atoms with Gasteiger partial charge in [0.05, 0.1) is 12.2 Å². The van der Waals surface area contributed by atoms with E-state index in [1.54, 1.807) is 0 Å². The Kier molecular flexibility index (Phi) is 6.15. The van der Waals surface area contributed by atoms with Gasteiger partial charge in [0.15, 0.2) is 0 Å². The third-order valence-electron chi connectivity index (χ3n) is 3.82. The summed E-state index contributed by atoms with van der Waals surface area (Å²) < 4.78 is 42.8. The number of hydrogen-bond acceptors (Lipinski definition) is 4. The molecule has 0 atom stereocenters. The van der Waals surface area contributed by atoms with Crippen LogP contribution >= 0.6 is 12.6 Å². The second kappa shape index (κ2) is 7.90. The molecule has 0 spiro atoms. The average molecular weight is 348 g/mol. The average Bonchev–Trinajstić information content (AvgIpc) is 2.53. The number of alkyl halides is 3. The van der Waals surface area contributed by atoms with Gasteiger partial charge in [-0.3, -0.25) is 4.79 Å².